The van der Waals surface area contributed by atoms with Crippen LogP contribution < -0.4 is 10.2 Å². The Kier molecular flexibility index (Phi) is 8.08. The van der Waals surface area contributed by atoms with Crippen molar-refractivity contribution in [3.8, 4) is 0 Å². The minimum atomic E-state index is -0.982. The highest BCUT2D eigenvalue weighted by Crippen LogP contribution is 2.29. The number of nitrogens with zero attached hydrogens (tertiary/aromatic N) is 6. The Morgan fingerprint density at radius 3 is 2.49 bits per heavy atom. The lowest BCUT2D eigenvalue weighted by Crippen LogP contribution is -2.61. The van der Waals surface area contributed by atoms with E-state index in [-0.39, 0.29) is 23.3 Å². The fourth-order valence-electron chi connectivity index (χ4n) is 5.46. The molecule has 2 aliphatic rings. The highest BCUT2D eigenvalue weighted by Gasteiger charge is 2.38. The van der Waals surface area contributed by atoms with Gasteiger partial charge in [0.15, 0.2) is 0 Å². The van der Waals surface area contributed by atoms with Crippen LogP contribution in [0.2, 0.25) is 0 Å². The number of carbonyl (C=O) groups excluding carboxylic acids is 2. The quantitative estimate of drug-likeness (QED) is 0.521. The molecule has 4 heterocycles. The van der Waals surface area contributed by atoms with E-state index in [0.717, 1.165) is 18.7 Å². The molecule has 11 heteroatoms. The number of rotatable bonds is 8. The van der Waals surface area contributed by atoms with Gasteiger partial charge in [-0.1, -0.05) is 13.8 Å². The van der Waals surface area contributed by atoms with Crippen LogP contribution in [0.5, 0.6) is 0 Å². The Morgan fingerprint density at radius 2 is 1.90 bits per heavy atom. The second-order valence-corrected chi connectivity index (χ2v) is 11.3. The molecular weight excluding hydrogens is 498 g/mol. The molecule has 0 bridgehead atoms. The predicted octanol–water partition coefficient (Wildman–Crippen LogP) is 3.09. The van der Waals surface area contributed by atoms with Crippen molar-refractivity contribution < 1.29 is 19.5 Å². The third-order valence-corrected chi connectivity index (χ3v) is 7.48. The Hall–Kier alpha value is -3.76. The van der Waals surface area contributed by atoms with E-state index in [9.17, 15) is 19.5 Å². The number of likely N-dealkylation sites (tertiary alicyclic amines) is 1. The zero-order valence-corrected chi connectivity index (χ0v) is 23.7. The summed E-state index contributed by atoms with van der Waals surface area (Å²) in [5.41, 5.74) is 1.87. The summed E-state index contributed by atoms with van der Waals surface area (Å²) in [5.74, 6) is 0.433. The van der Waals surface area contributed by atoms with Crippen LogP contribution in [0.15, 0.2) is 12.3 Å². The van der Waals surface area contributed by atoms with Crippen molar-refractivity contribution in [2.75, 3.05) is 49.5 Å². The second kappa shape index (κ2) is 11.2. The largest absolute Gasteiger partial charge is 0.478 e. The molecule has 2 aromatic heterocycles. The number of carboxylic acids is 1. The maximum Gasteiger partial charge on any atom is 0.337 e. The van der Waals surface area contributed by atoms with Crippen molar-refractivity contribution in [3.63, 3.8) is 0 Å². The van der Waals surface area contributed by atoms with E-state index in [4.69, 9.17) is 4.98 Å². The zero-order valence-electron chi connectivity index (χ0n) is 23.7. The summed E-state index contributed by atoms with van der Waals surface area (Å²) < 4.78 is 0. The molecule has 210 valence electrons. The van der Waals surface area contributed by atoms with Gasteiger partial charge in [0.2, 0.25) is 5.91 Å². The zero-order chi connectivity index (χ0) is 28.5. The van der Waals surface area contributed by atoms with Crippen LogP contribution in [-0.2, 0) is 4.79 Å². The van der Waals surface area contributed by atoms with E-state index >= 15 is 0 Å². The molecule has 2 amide bonds. The Balaban J connectivity index is 1.47. The molecular formula is C28H39N7O4. The smallest absolute Gasteiger partial charge is 0.337 e. The van der Waals surface area contributed by atoms with Crippen molar-refractivity contribution >= 4 is 29.4 Å². The summed E-state index contributed by atoms with van der Waals surface area (Å²) >= 11 is 0. The number of aromatic nitrogens is 3. The molecule has 0 radical (unpaired) electrons. The van der Waals surface area contributed by atoms with Gasteiger partial charge >= 0.3 is 5.97 Å². The minimum Gasteiger partial charge on any atom is -0.478 e. The van der Waals surface area contributed by atoms with Gasteiger partial charge in [0.25, 0.3) is 5.91 Å². The number of hydrogen-bond acceptors (Lipinski definition) is 8. The lowest BCUT2D eigenvalue weighted by atomic mass is 9.97. The van der Waals surface area contributed by atoms with Gasteiger partial charge in [0.1, 0.15) is 17.3 Å². The summed E-state index contributed by atoms with van der Waals surface area (Å²) in [5, 5.41) is 12.8. The molecule has 2 aromatic rings. The van der Waals surface area contributed by atoms with Crippen LogP contribution in [0, 0.1) is 13.8 Å². The van der Waals surface area contributed by atoms with Gasteiger partial charge in [-0.3, -0.25) is 9.59 Å². The van der Waals surface area contributed by atoms with Gasteiger partial charge in [0, 0.05) is 45.7 Å². The van der Waals surface area contributed by atoms with Gasteiger partial charge in [0.05, 0.1) is 28.7 Å². The number of pyridine rings is 1. The standard InChI is InChI=1S/C28H39N7O4/c1-17(2)24-25(29-9-11-33-10-7-8-22(33)36)30-15-20(32-24)26(37)35-13-12-34(16-28(35,5)6)21-14-18(3)23(27(38)39)19(4)31-21/h14-15,17H,7-13,16H2,1-6H3,(H,29,30)(H,38,39). The molecule has 39 heavy (non-hydrogen) atoms. The molecule has 0 saturated carbocycles. The lowest BCUT2D eigenvalue weighted by Gasteiger charge is -2.47. The maximum atomic E-state index is 13.7. The second-order valence-electron chi connectivity index (χ2n) is 11.3. The first-order valence-electron chi connectivity index (χ1n) is 13.6. The molecule has 0 unspecified atom stereocenters. The van der Waals surface area contributed by atoms with Crippen molar-refractivity contribution in [1.29, 1.82) is 0 Å². The number of aryl methyl sites for hydroxylation is 2. The van der Waals surface area contributed by atoms with Crippen molar-refractivity contribution in [1.82, 2.24) is 24.8 Å². The number of aromatic carboxylic acids is 1. The van der Waals surface area contributed by atoms with E-state index in [2.05, 4.69) is 20.2 Å². The highest BCUT2D eigenvalue weighted by molar-refractivity contribution is 5.93. The number of anilines is 2. The lowest BCUT2D eigenvalue weighted by molar-refractivity contribution is -0.127. The molecule has 0 atom stereocenters. The summed E-state index contributed by atoms with van der Waals surface area (Å²) in [4.78, 5) is 56.7. The van der Waals surface area contributed by atoms with Crippen LogP contribution in [0.25, 0.3) is 0 Å². The summed E-state index contributed by atoms with van der Waals surface area (Å²) in [6, 6.07) is 1.80. The van der Waals surface area contributed by atoms with Gasteiger partial charge in [-0.25, -0.2) is 19.7 Å². The monoisotopic (exact) mass is 537 g/mol. The normalized spacial score (nSPS) is 17.2. The molecule has 4 rings (SSSR count). The third-order valence-electron chi connectivity index (χ3n) is 7.48. The first-order chi connectivity index (χ1) is 18.4. The van der Waals surface area contributed by atoms with E-state index in [1.807, 2.05) is 37.5 Å². The van der Waals surface area contributed by atoms with Crippen LogP contribution in [-0.4, -0.2) is 92.4 Å². The average Bonchev–Trinajstić information content (AvgIpc) is 3.26. The fourth-order valence-corrected chi connectivity index (χ4v) is 5.46. The fraction of sp³-hybridized carbons (Fsp3) is 0.571. The van der Waals surface area contributed by atoms with E-state index in [0.29, 0.717) is 67.7 Å². The number of nitrogens with one attached hydrogen (secondary N) is 1. The Labute approximate surface area is 229 Å². The van der Waals surface area contributed by atoms with E-state index < -0.39 is 11.5 Å². The number of amides is 2. The Bertz CT molecular complexity index is 1250. The van der Waals surface area contributed by atoms with Gasteiger partial charge < -0.3 is 25.1 Å². The van der Waals surface area contributed by atoms with Crippen molar-refractivity contribution in [2.45, 2.75) is 65.8 Å². The number of carbonyl (C=O) groups is 3. The van der Waals surface area contributed by atoms with Crippen LogP contribution in [0.4, 0.5) is 11.6 Å². The Morgan fingerprint density at radius 1 is 1.15 bits per heavy atom. The first-order valence-corrected chi connectivity index (χ1v) is 13.6. The van der Waals surface area contributed by atoms with Crippen LogP contribution in [0.3, 0.4) is 0 Å². The highest BCUT2D eigenvalue weighted by atomic mass is 16.4. The molecule has 0 aliphatic carbocycles. The molecule has 0 spiro atoms. The molecule has 11 nitrogen and oxygen atoms in total. The summed E-state index contributed by atoms with van der Waals surface area (Å²) in [6.45, 7) is 15.1. The van der Waals surface area contributed by atoms with E-state index in [1.54, 1.807) is 19.9 Å². The molecule has 2 fully saturated rings. The van der Waals surface area contributed by atoms with Gasteiger partial charge in [-0.2, -0.15) is 0 Å². The van der Waals surface area contributed by atoms with Gasteiger partial charge in [-0.05, 0) is 51.7 Å². The molecule has 2 N–H and O–H groups in total. The molecule has 0 aromatic carbocycles. The topological polar surface area (TPSA) is 132 Å². The molecule has 2 aliphatic heterocycles. The average molecular weight is 538 g/mol. The molecule has 2 saturated heterocycles. The van der Waals surface area contributed by atoms with Crippen molar-refractivity contribution in [2.24, 2.45) is 0 Å². The first kappa shape index (κ1) is 28.3. The SMILES string of the molecule is Cc1cc(N2CCN(C(=O)c3cnc(NCCN4CCCC4=O)c(C(C)C)n3)C(C)(C)C2)nc(C)c1C(=O)O. The third kappa shape index (κ3) is 5.97. The van der Waals surface area contributed by atoms with Crippen LogP contribution >= 0.6 is 0 Å². The minimum absolute atomic E-state index is 0.0531. The van der Waals surface area contributed by atoms with Gasteiger partial charge in [-0.15, -0.1) is 0 Å². The van der Waals surface area contributed by atoms with E-state index in [1.165, 1.54) is 6.20 Å². The maximum absolute atomic E-state index is 13.7. The number of hydrogen-bond donors (Lipinski definition) is 2. The predicted molar refractivity (Wildman–Crippen MR) is 148 cm³/mol. The number of carboxylic acid groups (broad SMARTS) is 1. The van der Waals surface area contributed by atoms with Crippen molar-refractivity contribution in [3.05, 3.63) is 40.5 Å². The summed E-state index contributed by atoms with van der Waals surface area (Å²) in [6.07, 6.45) is 3.05. The summed E-state index contributed by atoms with van der Waals surface area (Å²) in [7, 11) is 0. The number of piperazine rings is 1. The van der Waals surface area contributed by atoms with Crippen LogP contribution in [0.1, 0.15) is 84.3 Å².